The van der Waals surface area contributed by atoms with E-state index in [9.17, 15) is 0 Å². The van der Waals surface area contributed by atoms with Crippen LogP contribution in [0.15, 0.2) is 22.9 Å². The van der Waals surface area contributed by atoms with Gasteiger partial charge in [0.25, 0.3) is 0 Å². The van der Waals surface area contributed by atoms with Crippen LogP contribution >= 0.6 is 0 Å². The van der Waals surface area contributed by atoms with Crippen molar-refractivity contribution < 1.29 is 4.42 Å². The summed E-state index contributed by atoms with van der Waals surface area (Å²) in [7, 11) is 0. The van der Waals surface area contributed by atoms with Gasteiger partial charge in [0.05, 0.1) is 6.26 Å². The lowest BCUT2D eigenvalue weighted by atomic mass is 10.1. The SMILES string of the molecule is CCc1ncc2ccoc2c1C. The normalized spacial score (nSPS) is 10.8. The zero-order chi connectivity index (χ0) is 8.55. The van der Waals surface area contributed by atoms with Gasteiger partial charge < -0.3 is 4.42 Å². The Labute approximate surface area is 71.2 Å². The Kier molecular flexibility index (Phi) is 1.61. The first-order chi connectivity index (χ1) is 5.83. The van der Waals surface area contributed by atoms with Crippen LogP contribution in [0.5, 0.6) is 0 Å². The summed E-state index contributed by atoms with van der Waals surface area (Å²) in [4.78, 5) is 4.34. The van der Waals surface area contributed by atoms with E-state index in [1.807, 2.05) is 12.3 Å². The Morgan fingerprint density at radius 3 is 3.08 bits per heavy atom. The molecule has 2 aromatic heterocycles. The molecule has 0 unspecified atom stereocenters. The first kappa shape index (κ1) is 7.35. The van der Waals surface area contributed by atoms with Gasteiger partial charge in [0.1, 0.15) is 5.58 Å². The molecule has 2 heterocycles. The average Bonchev–Trinajstić information content (AvgIpc) is 2.53. The van der Waals surface area contributed by atoms with E-state index in [1.165, 1.54) is 5.56 Å². The summed E-state index contributed by atoms with van der Waals surface area (Å²) in [6.45, 7) is 4.15. The Balaban J connectivity index is 2.78. The lowest BCUT2D eigenvalue weighted by Crippen LogP contribution is -1.90. The molecule has 0 aliphatic rings. The van der Waals surface area contributed by atoms with Crippen molar-refractivity contribution in [3.8, 4) is 0 Å². The van der Waals surface area contributed by atoms with Crippen molar-refractivity contribution in [3.05, 3.63) is 29.8 Å². The van der Waals surface area contributed by atoms with E-state index in [-0.39, 0.29) is 0 Å². The number of aryl methyl sites for hydroxylation is 2. The highest BCUT2D eigenvalue weighted by Crippen LogP contribution is 2.20. The van der Waals surface area contributed by atoms with Crippen molar-refractivity contribution in [3.63, 3.8) is 0 Å². The van der Waals surface area contributed by atoms with Gasteiger partial charge in [-0.2, -0.15) is 0 Å². The van der Waals surface area contributed by atoms with Crippen molar-refractivity contribution in [1.29, 1.82) is 0 Å². The summed E-state index contributed by atoms with van der Waals surface area (Å²) in [5.41, 5.74) is 3.26. The Morgan fingerprint density at radius 2 is 2.33 bits per heavy atom. The molecule has 0 saturated heterocycles. The van der Waals surface area contributed by atoms with Gasteiger partial charge >= 0.3 is 0 Å². The standard InChI is InChI=1S/C10H11NO/c1-3-9-7(2)10-8(6-11-9)4-5-12-10/h4-6H,3H2,1-2H3. The molecule has 0 spiro atoms. The maximum atomic E-state index is 5.35. The number of aromatic nitrogens is 1. The molecule has 0 bridgehead atoms. The van der Waals surface area contributed by atoms with Crippen LogP contribution in [0.4, 0.5) is 0 Å². The predicted octanol–water partition coefficient (Wildman–Crippen LogP) is 2.70. The van der Waals surface area contributed by atoms with E-state index in [0.717, 1.165) is 23.1 Å². The van der Waals surface area contributed by atoms with Crippen LogP contribution in [0.3, 0.4) is 0 Å². The maximum absolute atomic E-state index is 5.35. The summed E-state index contributed by atoms with van der Waals surface area (Å²) in [5.74, 6) is 0. The van der Waals surface area contributed by atoms with Gasteiger partial charge in [-0.1, -0.05) is 6.92 Å². The number of furan rings is 1. The number of nitrogens with zero attached hydrogens (tertiary/aromatic N) is 1. The quantitative estimate of drug-likeness (QED) is 0.642. The van der Waals surface area contributed by atoms with Crippen molar-refractivity contribution in [2.75, 3.05) is 0 Å². The van der Waals surface area contributed by atoms with Crippen LogP contribution < -0.4 is 0 Å². The lowest BCUT2D eigenvalue weighted by Gasteiger charge is -2.00. The molecule has 0 radical (unpaired) electrons. The van der Waals surface area contributed by atoms with E-state index in [1.54, 1.807) is 6.26 Å². The van der Waals surface area contributed by atoms with Crippen LogP contribution in [0.2, 0.25) is 0 Å². The Hall–Kier alpha value is -1.31. The second-order valence-corrected chi connectivity index (χ2v) is 2.89. The summed E-state index contributed by atoms with van der Waals surface area (Å²) >= 11 is 0. The molecule has 2 aromatic rings. The average molecular weight is 161 g/mol. The van der Waals surface area contributed by atoms with Crippen molar-refractivity contribution in [1.82, 2.24) is 4.98 Å². The highest BCUT2D eigenvalue weighted by atomic mass is 16.3. The van der Waals surface area contributed by atoms with Crippen molar-refractivity contribution in [2.45, 2.75) is 20.3 Å². The molecular weight excluding hydrogens is 150 g/mol. The highest BCUT2D eigenvalue weighted by Gasteiger charge is 2.04. The van der Waals surface area contributed by atoms with Gasteiger partial charge in [0, 0.05) is 22.8 Å². The van der Waals surface area contributed by atoms with E-state index >= 15 is 0 Å². The van der Waals surface area contributed by atoms with Crippen molar-refractivity contribution in [2.24, 2.45) is 0 Å². The molecule has 0 aliphatic heterocycles. The molecule has 0 aliphatic carbocycles. The smallest absolute Gasteiger partial charge is 0.140 e. The third-order valence-electron chi connectivity index (χ3n) is 2.16. The number of fused-ring (bicyclic) bond motifs is 1. The number of pyridine rings is 1. The summed E-state index contributed by atoms with van der Waals surface area (Å²) < 4.78 is 5.35. The third-order valence-corrected chi connectivity index (χ3v) is 2.16. The van der Waals surface area contributed by atoms with Gasteiger partial charge in [-0.15, -0.1) is 0 Å². The second-order valence-electron chi connectivity index (χ2n) is 2.89. The fraction of sp³-hybridized carbons (Fsp3) is 0.300. The minimum atomic E-state index is 0.961. The molecule has 0 N–H and O–H groups in total. The Morgan fingerprint density at radius 1 is 1.50 bits per heavy atom. The highest BCUT2D eigenvalue weighted by molar-refractivity contribution is 5.79. The molecule has 0 amide bonds. The lowest BCUT2D eigenvalue weighted by molar-refractivity contribution is 0.612. The summed E-state index contributed by atoms with van der Waals surface area (Å²) in [6, 6.07) is 1.94. The zero-order valence-corrected chi connectivity index (χ0v) is 7.29. The maximum Gasteiger partial charge on any atom is 0.140 e. The van der Waals surface area contributed by atoms with E-state index in [0.29, 0.717) is 0 Å². The minimum Gasteiger partial charge on any atom is -0.464 e. The van der Waals surface area contributed by atoms with Crippen LogP contribution in [0.25, 0.3) is 11.0 Å². The molecule has 0 saturated carbocycles. The first-order valence-electron chi connectivity index (χ1n) is 4.14. The van der Waals surface area contributed by atoms with E-state index in [4.69, 9.17) is 4.42 Å². The van der Waals surface area contributed by atoms with E-state index in [2.05, 4.69) is 18.8 Å². The van der Waals surface area contributed by atoms with Crippen LogP contribution in [-0.2, 0) is 6.42 Å². The molecule has 2 nitrogen and oxygen atoms in total. The number of rotatable bonds is 1. The number of hydrogen-bond donors (Lipinski definition) is 0. The van der Waals surface area contributed by atoms with Gasteiger partial charge in [0.2, 0.25) is 0 Å². The molecule has 2 rings (SSSR count). The van der Waals surface area contributed by atoms with Gasteiger partial charge in [-0.25, -0.2) is 0 Å². The molecular formula is C10H11NO. The monoisotopic (exact) mass is 161 g/mol. The molecule has 0 aromatic carbocycles. The molecule has 62 valence electrons. The van der Waals surface area contributed by atoms with E-state index < -0.39 is 0 Å². The second kappa shape index (κ2) is 2.63. The fourth-order valence-corrected chi connectivity index (χ4v) is 1.46. The molecule has 0 fully saturated rings. The number of hydrogen-bond acceptors (Lipinski definition) is 2. The largest absolute Gasteiger partial charge is 0.464 e. The fourth-order valence-electron chi connectivity index (χ4n) is 1.46. The summed E-state index contributed by atoms with van der Waals surface area (Å²) in [5, 5.41) is 1.09. The summed E-state index contributed by atoms with van der Waals surface area (Å²) in [6.07, 6.45) is 4.53. The third kappa shape index (κ3) is 0.916. The topological polar surface area (TPSA) is 26.0 Å². The van der Waals surface area contributed by atoms with Crippen molar-refractivity contribution >= 4 is 11.0 Å². The van der Waals surface area contributed by atoms with Crippen LogP contribution in [-0.4, -0.2) is 4.98 Å². The zero-order valence-electron chi connectivity index (χ0n) is 7.29. The molecule has 0 atom stereocenters. The first-order valence-corrected chi connectivity index (χ1v) is 4.14. The predicted molar refractivity (Wildman–Crippen MR) is 48.1 cm³/mol. The van der Waals surface area contributed by atoms with Crippen LogP contribution in [0, 0.1) is 6.92 Å². The van der Waals surface area contributed by atoms with Gasteiger partial charge in [-0.3, -0.25) is 4.98 Å². The van der Waals surface area contributed by atoms with Crippen LogP contribution in [0.1, 0.15) is 18.2 Å². The Bertz CT molecular complexity index is 403. The van der Waals surface area contributed by atoms with Gasteiger partial charge in [-0.05, 0) is 19.4 Å². The van der Waals surface area contributed by atoms with Gasteiger partial charge in [0.15, 0.2) is 0 Å². The minimum absolute atomic E-state index is 0.961. The molecule has 12 heavy (non-hydrogen) atoms. The molecule has 2 heteroatoms.